The molecule has 0 saturated carbocycles. The molecular formula is C19H21N3O4S. The van der Waals surface area contributed by atoms with Crippen molar-refractivity contribution in [3.05, 3.63) is 63.7 Å². The van der Waals surface area contributed by atoms with Crippen LogP contribution in [-0.4, -0.2) is 23.0 Å². The molecule has 0 saturated heterocycles. The summed E-state index contributed by atoms with van der Waals surface area (Å²) >= 11 is 1.40. The van der Waals surface area contributed by atoms with Crippen molar-refractivity contribution in [2.75, 3.05) is 11.6 Å². The summed E-state index contributed by atoms with van der Waals surface area (Å²) in [5.41, 5.74) is 1.22. The summed E-state index contributed by atoms with van der Waals surface area (Å²) < 4.78 is 0. The first-order valence-electron chi connectivity index (χ1n) is 8.44. The Labute approximate surface area is 161 Å². The second kappa shape index (κ2) is 9.72. The fourth-order valence-corrected chi connectivity index (χ4v) is 2.91. The van der Waals surface area contributed by atoms with E-state index in [0.717, 1.165) is 16.9 Å². The fourth-order valence-electron chi connectivity index (χ4n) is 2.47. The van der Waals surface area contributed by atoms with Crippen LogP contribution in [0.1, 0.15) is 35.7 Å². The van der Waals surface area contributed by atoms with Gasteiger partial charge in [0.1, 0.15) is 5.56 Å². The van der Waals surface area contributed by atoms with Crippen LogP contribution in [0.5, 0.6) is 0 Å². The summed E-state index contributed by atoms with van der Waals surface area (Å²) in [6, 6.07) is 11.6. The number of nitrogens with one attached hydrogen (secondary N) is 2. The number of anilines is 1. The maximum atomic E-state index is 12.5. The van der Waals surface area contributed by atoms with E-state index in [0.29, 0.717) is 12.1 Å². The maximum Gasteiger partial charge on any atom is 0.282 e. The molecule has 142 valence electrons. The zero-order chi connectivity index (χ0) is 19.8. The molecule has 0 aliphatic heterocycles. The van der Waals surface area contributed by atoms with Crippen molar-refractivity contribution in [2.24, 2.45) is 0 Å². The van der Waals surface area contributed by atoms with Crippen molar-refractivity contribution in [3.8, 4) is 0 Å². The molecule has 0 aliphatic carbocycles. The van der Waals surface area contributed by atoms with Crippen molar-refractivity contribution < 1.29 is 14.5 Å². The van der Waals surface area contributed by atoms with Gasteiger partial charge in [-0.1, -0.05) is 19.1 Å². The van der Waals surface area contributed by atoms with Crippen LogP contribution < -0.4 is 10.6 Å². The lowest BCUT2D eigenvalue weighted by Crippen LogP contribution is -2.24. The van der Waals surface area contributed by atoms with Crippen molar-refractivity contribution in [1.29, 1.82) is 0 Å². The van der Waals surface area contributed by atoms with Crippen LogP contribution in [-0.2, 0) is 11.3 Å². The van der Waals surface area contributed by atoms with Gasteiger partial charge in [-0.15, -0.1) is 11.8 Å². The van der Waals surface area contributed by atoms with E-state index in [1.54, 1.807) is 24.3 Å². The standard InChI is InChI=1S/C19H21N3O4S/c1-3-5-18(23)21-14-7-4-6-13(10-14)12-20-19(24)16-11-15(27-2)8-9-17(16)22(25)26/h4,6-11H,3,5,12H2,1-2H3,(H,20,24)(H,21,23). The Hall–Kier alpha value is -2.87. The number of hydrogen-bond acceptors (Lipinski definition) is 5. The molecular weight excluding hydrogens is 366 g/mol. The van der Waals surface area contributed by atoms with Crippen LogP contribution in [0.3, 0.4) is 0 Å². The number of carbonyl (C=O) groups is 2. The normalized spacial score (nSPS) is 10.3. The SMILES string of the molecule is CCCC(=O)Nc1cccc(CNC(=O)c2cc(SC)ccc2[N+](=O)[O-])c1. The molecule has 2 amide bonds. The Morgan fingerprint density at radius 1 is 1.19 bits per heavy atom. The molecule has 7 nitrogen and oxygen atoms in total. The van der Waals surface area contributed by atoms with E-state index in [4.69, 9.17) is 0 Å². The molecule has 2 aromatic rings. The predicted molar refractivity (Wildman–Crippen MR) is 106 cm³/mol. The zero-order valence-corrected chi connectivity index (χ0v) is 16.0. The van der Waals surface area contributed by atoms with E-state index in [-0.39, 0.29) is 23.7 Å². The van der Waals surface area contributed by atoms with Gasteiger partial charge in [-0.25, -0.2) is 0 Å². The van der Waals surface area contributed by atoms with Crippen LogP contribution in [0.25, 0.3) is 0 Å². The number of rotatable bonds is 8. The van der Waals surface area contributed by atoms with Gasteiger partial charge in [-0.05, 0) is 42.5 Å². The molecule has 8 heteroatoms. The Balaban J connectivity index is 2.10. The molecule has 0 heterocycles. The van der Waals surface area contributed by atoms with E-state index in [9.17, 15) is 19.7 Å². The Bertz CT molecular complexity index is 855. The zero-order valence-electron chi connectivity index (χ0n) is 15.2. The predicted octanol–water partition coefficient (Wildman–Crippen LogP) is 3.99. The van der Waals surface area contributed by atoms with E-state index < -0.39 is 10.8 Å². The Morgan fingerprint density at radius 3 is 2.63 bits per heavy atom. The second-order valence-electron chi connectivity index (χ2n) is 5.82. The van der Waals surface area contributed by atoms with Gasteiger partial charge in [0.2, 0.25) is 5.91 Å². The third-order valence-electron chi connectivity index (χ3n) is 3.79. The van der Waals surface area contributed by atoms with Gasteiger partial charge < -0.3 is 10.6 Å². The third kappa shape index (κ3) is 5.82. The number of amides is 2. The molecule has 0 radical (unpaired) electrons. The summed E-state index contributed by atoms with van der Waals surface area (Å²) in [4.78, 5) is 35.5. The van der Waals surface area contributed by atoms with Gasteiger partial charge in [-0.2, -0.15) is 0 Å². The van der Waals surface area contributed by atoms with Gasteiger partial charge in [0.15, 0.2) is 0 Å². The first kappa shape index (κ1) is 20.4. The first-order chi connectivity index (χ1) is 12.9. The van der Waals surface area contributed by atoms with E-state index >= 15 is 0 Å². The van der Waals surface area contributed by atoms with Crippen LogP contribution in [0, 0.1) is 10.1 Å². The largest absolute Gasteiger partial charge is 0.348 e. The summed E-state index contributed by atoms with van der Waals surface area (Å²) in [6.07, 6.45) is 3.03. The minimum Gasteiger partial charge on any atom is -0.348 e. The lowest BCUT2D eigenvalue weighted by Gasteiger charge is -2.09. The highest BCUT2D eigenvalue weighted by molar-refractivity contribution is 7.98. The van der Waals surface area contributed by atoms with Gasteiger partial charge >= 0.3 is 0 Å². The van der Waals surface area contributed by atoms with E-state index in [1.165, 1.54) is 23.9 Å². The molecule has 0 bridgehead atoms. The molecule has 2 rings (SSSR count). The molecule has 0 unspecified atom stereocenters. The number of benzene rings is 2. The van der Waals surface area contributed by atoms with Crippen molar-refractivity contribution in [1.82, 2.24) is 5.32 Å². The van der Waals surface area contributed by atoms with Crippen LogP contribution in [0.2, 0.25) is 0 Å². The minimum atomic E-state index is -0.567. The van der Waals surface area contributed by atoms with Crippen LogP contribution in [0.15, 0.2) is 47.4 Å². The van der Waals surface area contributed by atoms with E-state index in [1.807, 2.05) is 19.2 Å². The smallest absolute Gasteiger partial charge is 0.282 e. The summed E-state index contributed by atoms with van der Waals surface area (Å²) in [5.74, 6) is -0.582. The number of carbonyl (C=O) groups excluding carboxylic acids is 2. The second-order valence-corrected chi connectivity index (χ2v) is 6.70. The highest BCUT2D eigenvalue weighted by Crippen LogP contribution is 2.24. The molecule has 0 atom stereocenters. The molecule has 0 fully saturated rings. The fraction of sp³-hybridized carbons (Fsp3) is 0.263. The molecule has 0 aromatic heterocycles. The molecule has 0 spiro atoms. The third-order valence-corrected chi connectivity index (χ3v) is 4.51. The lowest BCUT2D eigenvalue weighted by atomic mass is 10.1. The number of nitro groups is 1. The summed E-state index contributed by atoms with van der Waals surface area (Å²) in [7, 11) is 0. The van der Waals surface area contributed by atoms with Crippen LogP contribution in [0.4, 0.5) is 11.4 Å². The average Bonchev–Trinajstić information content (AvgIpc) is 2.66. The highest BCUT2D eigenvalue weighted by atomic mass is 32.2. The number of nitro benzene ring substituents is 1. The number of nitrogens with zero attached hydrogens (tertiary/aromatic N) is 1. The number of thioether (sulfide) groups is 1. The number of hydrogen-bond donors (Lipinski definition) is 2. The molecule has 2 aromatic carbocycles. The quantitative estimate of drug-likeness (QED) is 0.405. The average molecular weight is 387 g/mol. The summed E-state index contributed by atoms with van der Waals surface area (Å²) in [5, 5.41) is 16.7. The minimum absolute atomic E-state index is 0.0271. The lowest BCUT2D eigenvalue weighted by molar-refractivity contribution is -0.385. The monoisotopic (exact) mass is 387 g/mol. The van der Waals surface area contributed by atoms with Crippen molar-refractivity contribution >= 4 is 35.0 Å². The summed E-state index contributed by atoms with van der Waals surface area (Å²) in [6.45, 7) is 2.12. The van der Waals surface area contributed by atoms with Gasteiger partial charge in [0.05, 0.1) is 4.92 Å². The Morgan fingerprint density at radius 2 is 1.96 bits per heavy atom. The van der Waals surface area contributed by atoms with Gasteiger partial charge in [0, 0.05) is 29.6 Å². The molecule has 27 heavy (non-hydrogen) atoms. The Kier molecular flexibility index (Phi) is 7.36. The topological polar surface area (TPSA) is 101 Å². The molecule has 2 N–H and O–H groups in total. The van der Waals surface area contributed by atoms with E-state index in [2.05, 4.69) is 10.6 Å². The molecule has 0 aliphatic rings. The highest BCUT2D eigenvalue weighted by Gasteiger charge is 2.20. The maximum absolute atomic E-state index is 12.5. The van der Waals surface area contributed by atoms with Gasteiger partial charge in [0.25, 0.3) is 11.6 Å². The first-order valence-corrected chi connectivity index (χ1v) is 9.66. The van der Waals surface area contributed by atoms with Crippen molar-refractivity contribution in [3.63, 3.8) is 0 Å². The van der Waals surface area contributed by atoms with Crippen molar-refractivity contribution in [2.45, 2.75) is 31.2 Å². The van der Waals surface area contributed by atoms with Gasteiger partial charge in [-0.3, -0.25) is 19.7 Å². The van der Waals surface area contributed by atoms with Crippen LogP contribution >= 0.6 is 11.8 Å².